The van der Waals surface area contributed by atoms with Crippen molar-refractivity contribution >= 4 is 0 Å². The van der Waals surface area contributed by atoms with Gasteiger partial charge in [-0.25, -0.2) is 0 Å². The molecule has 0 radical (unpaired) electrons. The number of ether oxygens (including phenoxy) is 1. The quantitative estimate of drug-likeness (QED) is 0.734. The molecule has 0 aromatic heterocycles. The molecule has 0 bridgehead atoms. The maximum Gasteiger partial charge on any atom is 0.0631 e. The van der Waals surface area contributed by atoms with E-state index in [4.69, 9.17) is 4.74 Å². The van der Waals surface area contributed by atoms with Gasteiger partial charge in [0.25, 0.3) is 0 Å². The molecular weight excluding hydrogens is 306 g/mol. The summed E-state index contributed by atoms with van der Waals surface area (Å²) in [6, 6.07) is 0.798. The second-order valence-corrected chi connectivity index (χ2v) is 10.7. The molecule has 1 saturated heterocycles. The van der Waals surface area contributed by atoms with Crippen molar-refractivity contribution in [1.29, 1.82) is 0 Å². The minimum Gasteiger partial charge on any atom is -0.378 e. The summed E-state index contributed by atoms with van der Waals surface area (Å²) in [6.45, 7) is 12.1. The summed E-state index contributed by atoms with van der Waals surface area (Å²) in [5, 5.41) is 3.89. The SMILES string of the molecule is CC(C)CCO[C@H]1CC[C@H]2[C@@H]3CC[C@H]4NCCC[C@]4(C)[C@H]3CC[C@]12C. The molecule has 0 amide bonds. The highest BCUT2D eigenvalue weighted by Crippen LogP contribution is 2.64. The van der Waals surface area contributed by atoms with E-state index in [1.165, 1.54) is 64.3 Å². The van der Waals surface area contributed by atoms with Gasteiger partial charge in [-0.05, 0) is 98.8 Å². The van der Waals surface area contributed by atoms with Crippen LogP contribution in [-0.2, 0) is 4.74 Å². The first kappa shape index (κ1) is 18.3. The van der Waals surface area contributed by atoms with Crippen LogP contribution in [-0.4, -0.2) is 25.3 Å². The Labute approximate surface area is 155 Å². The lowest BCUT2D eigenvalue weighted by Gasteiger charge is -2.60. The second-order valence-electron chi connectivity index (χ2n) is 10.7. The smallest absolute Gasteiger partial charge is 0.0631 e. The molecule has 3 aliphatic carbocycles. The lowest BCUT2D eigenvalue weighted by atomic mass is 9.47. The minimum atomic E-state index is 0.462. The summed E-state index contributed by atoms with van der Waals surface area (Å²) in [4.78, 5) is 0. The molecule has 0 aromatic carbocycles. The lowest BCUT2D eigenvalue weighted by Crippen LogP contribution is -2.60. The first-order chi connectivity index (χ1) is 11.9. The normalized spacial score (nSPS) is 49.6. The van der Waals surface area contributed by atoms with Gasteiger partial charge in [-0.15, -0.1) is 0 Å². The van der Waals surface area contributed by atoms with E-state index < -0.39 is 0 Å². The summed E-state index contributed by atoms with van der Waals surface area (Å²) in [5.41, 5.74) is 1.03. The van der Waals surface area contributed by atoms with Crippen molar-refractivity contribution in [2.75, 3.05) is 13.2 Å². The average molecular weight is 348 g/mol. The molecule has 1 aliphatic heterocycles. The molecule has 4 rings (SSSR count). The molecule has 2 nitrogen and oxygen atoms in total. The summed E-state index contributed by atoms with van der Waals surface area (Å²) < 4.78 is 6.49. The van der Waals surface area contributed by atoms with E-state index in [0.29, 0.717) is 16.9 Å². The molecule has 7 atom stereocenters. The number of hydrogen-bond acceptors (Lipinski definition) is 2. The van der Waals surface area contributed by atoms with Gasteiger partial charge < -0.3 is 10.1 Å². The van der Waals surface area contributed by atoms with Crippen molar-refractivity contribution in [1.82, 2.24) is 5.32 Å². The molecule has 3 saturated carbocycles. The van der Waals surface area contributed by atoms with Gasteiger partial charge in [0, 0.05) is 12.6 Å². The highest BCUT2D eigenvalue weighted by Gasteiger charge is 2.60. The van der Waals surface area contributed by atoms with Crippen LogP contribution < -0.4 is 5.32 Å². The molecule has 0 aromatic rings. The van der Waals surface area contributed by atoms with E-state index in [1.807, 2.05) is 0 Å². The molecule has 0 spiro atoms. The van der Waals surface area contributed by atoms with E-state index in [9.17, 15) is 0 Å². The molecule has 0 unspecified atom stereocenters. The van der Waals surface area contributed by atoms with Gasteiger partial charge in [-0.2, -0.15) is 0 Å². The van der Waals surface area contributed by atoms with E-state index in [1.54, 1.807) is 0 Å². The number of nitrogens with one attached hydrogen (secondary N) is 1. The molecule has 25 heavy (non-hydrogen) atoms. The van der Waals surface area contributed by atoms with Crippen LogP contribution in [0.15, 0.2) is 0 Å². The third-order valence-corrected chi connectivity index (χ3v) is 9.08. The fourth-order valence-electron chi connectivity index (χ4n) is 7.57. The van der Waals surface area contributed by atoms with Gasteiger partial charge in [-0.1, -0.05) is 27.7 Å². The van der Waals surface area contributed by atoms with Crippen LogP contribution in [0.4, 0.5) is 0 Å². The molecule has 4 aliphatic rings. The Kier molecular flexibility index (Phi) is 4.99. The third-order valence-electron chi connectivity index (χ3n) is 9.08. The van der Waals surface area contributed by atoms with Crippen molar-refractivity contribution in [3.05, 3.63) is 0 Å². The molecular formula is C23H41NO. The van der Waals surface area contributed by atoms with Gasteiger partial charge >= 0.3 is 0 Å². The van der Waals surface area contributed by atoms with Crippen LogP contribution in [0.25, 0.3) is 0 Å². The van der Waals surface area contributed by atoms with Gasteiger partial charge in [0.15, 0.2) is 0 Å². The van der Waals surface area contributed by atoms with Crippen molar-refractivity contribution < 1.29 is 4.74 Å². The molecule has 4 fully saturated rings. The van der Waals surface area contributed by atoms with Gasteiger partial charge in [0.2, 0.25) is 0 Å². The van der Waals surface area contributed by atoms with E-state index >= 15 is 0 Å². The second kappa shape index (κ2) is 6.82. The standard InChI is InChI=1S/C23H41NO/c1-16(2)11-15-25-21-9-7-18-17-6-8-20-22(3,12-5-14-24-20)19(17)10-13-23(18,21)4/h16-21,24H,5-15H2,1-4H3/t17-,18-,19-,20+,21-,22+,23-/m0/s1. The maximum atomic E-state index is 6.49. The Morgan fingerprint density at radius 3 is 2.56 bits per heavy atom. The highest BCUT2D eigenvalue weighted by molar-refractivity contribution is 5.10. The van der Waals surface area contributed by atoms with Crippen LogP contribution in [0.1, 0.15) is 85.5 Å². The van der Waals surface area contributed by atoms with E-state index in [-0.39, 0.29) is 0 Å². The predicted molar refractivity (Wildman–Crippen MR) is 105 cm³/mol. The number of piperidine rings is 1. The van der Waals surface area contributed by atoms with Crippen LogP contribution in [0, 0.1) is 34.5 Å². The summed E-state index contributed by atoms with van der Waals surface area (Å²) >= 11 is 0. The summed E-state index contributed by atoms with van der Waals surface area (Å²) in [5.74, 6) is 3.62. The largest absolute Gasteiger partial charge is 0.378 e. The van der Waals surface area contributed by atoms with Crippen LogP contribution in [0.5, 0.6) is 0 Å². The third kappa shape index (κ3) is 3.00. The van der Waals surface area contributed by atoms with Crippen LogP contribution in [0.2, 0.25) is 0 Å². The lowest BCUT2D eigenvalue weighted by molar-refractivity contribution is -0.120. The molecule has 1 heterocycles. The van der Waals surface area contributed by atoms with Crippen LogP contribution >= 0.6 is 0 Å². The number of rotatable bonds is 4. The summed E-state index contributed by atoms with van der Waals surface area (Å²) in [6.07, 6.45) is 13.1. The maximum absolute atomic E-state index is 6.49. The Morgan fingerprint density at radius 2 is 1.76 bits per heavy atom. The van der Waals surface area contributed by atoms with E-state index in [2.05, 4.69) is 33.0 Å². The first-order valence-corrected chi connectivity index (χ1v) is 11.3. The fraction of sp³-hybridized carbons (Fsp3) is 1.00. The first-order valence-electron chi connectivity index (χ1n) is 11.3. The Hall–Kier alpha value is -0.0800. The Bertz CT molecular complexity index is 477. The van der Waals surface area contributed by atoms with Crippen molar-refractivity contribution in [3.63, 3.8) is 0 Å². The van der Waals surface area contributed by atoms with Crippen molar-refractivity contribution in [3.8, 4) is 0 Å². The molecule has 2 heteroatoms. The predicted octanol–water partition coefficient (Wildman–Crippen LogP) is 5.41. The van der Waals surface area contributed by atoms with Gasteiger partial charge in [0.1, 0.15) is 0 Å². The number of fused-ring (bicyclic) bond motifs is 5. The van der Waals surface area contributed by atoms with E-state index in [0.717, 1.165) is 36.3 Å². The van der Waals surface area contributed by atoms with Crippen molar-refractivity contribution in [2.24, 2.45) is 34.5 Å². The zero-order valence-electron chi connectivity index (χ0n) is 17.2. The fourth-order valence-corrected chi connectivity index (χ4v) is 7.57. The van der Waals surface area contributed by atoms with Gasteiger partial charge in [0.05, 0.1) is 6.10 Å². The zero-order valence-corrected chi connectivity index (χ0v) is 17.2. The van der Waals surface area contributed by atoms with Crippen molar-refractivity contribution in [2.45, 2.75) is 97.6 Å². The monoisotopic (exact) mass is 347 g/mol. The van der Waals surface area contributed by atoms with Crippen LogP contribution in [0.3, 0.4) is 0 Å². The van der Waals surface area contributed by atoms with Gasteiger partial charge in [-0.3, -0.25) is 0 Å². The molecule has 144 valence electrons. The average Bonchev–Trinajstić information content (AvgIpc) is 2.91. The number of hydrogen-bond donors (Lipinski definition) is 1. The Balaban J connectivity index is 1.48. The summed E-state index contributed by atoms with van der Waals surface area (Å²) in [7, 11) is 0. The highest BCUT2D eigenvalue weighted by atomic mass is 16.5. The Morgan fingerprint density at radius 1 is 0.960 bits per heavy atom. The topological polar surface area (TPSA) is 21.3 Å². The zero-order chi connectivity index (χ0) is 17.7. The molecule has 1 N–H and O–H groups in total. The minimum absolute atomic E-state index is 0.462.